The average Bonchev–Trinajstić information content (AvgIpc) is 2.86. The van der Waals surface area contributed by atoms with Crippen molar-refractivity contribution in [2.75, 3.05) is 7.11 Å². The number of pyridine rings is 1. The molecule has 2 heterocycles. The largest absolute Gasteiger partial charge is 0.460 e. The fraction of sp³-hybridized carbons (Fsp3) is 0.115. The highest BCUT2D eigenvalue weighted by Gasteiger charge is 2.20. The Labute approximate surface area is 206 Å². The summed E-state index contributed by atoms with van der Waals surface area (Å²) in [6.45, 7) is 4.00. The van der Waals surface area contributed by atoms with E-state index in [9.17, 15) is 9.18 Å². The topological polar surface area (TPSA) is 61.6 Å². The van der Waals surface area contributed by atoms with Gasteiger partial charge in [-0.05, 0) is 41.5 Å². The van der Waals surface area contributed by atoms with Gasteiger partial charge in [-0.3, -0.25) is 4.98 Å². The van der Waals surface area contributed by atoms with Gasteiger partial charge in [-0.25, -0.2) is 9.18 Å². The van der Waals surface area contributed by atoms with E-state index in [2.05, 4.69) is 4.98 Å². The van der Waals surface area contributed by atoms with Gasteiger partial charge in [0, 0.05) is 46.8 Å². The van der Waals surface area contributed by atoms with E-state index in [0.29, 0.717) is 11.1 Å². The van der Waals surface area contributed by atoms with E-state index in [1.165, 1.54) is 25.3 Å². The van der Waals surface area contributed by atoms with Crippen molar-refractivity contribution in [2.24, 2.45) is 0 Å². The zero-order valence-electron chi connectivity index (χ0n) is 18.7. The van der Waals surface area contributed by atoms with E-state index in [1.54, 1.807) is 54.9 Å². The Morgan fingerprint density at radius 1 is 1.03 bits per heavy atom. The number of rotatable bonds is 4. The molecule has 34 heavy (non-hydrogen) atoms. The second-order valence-corrected chi connectivity index (χ2v) is 7.38. The van der Waals surface area contributed by atoms with Gasteiger partial charge in [-0.1, -0.05) is 49.7 Å². The van der Waals surface area contributed by atoms with Crippen molar-refractivity contribution in [3.63, 3.8) is 0 Å². The van der Waals surface area contributed by atoms with Crippen molar-refractivity contribution < 1.29 is 18.3 Å². The molecule has 4 aromatic rings. The second kappa shape index (κ2) is 11.5. The van der Waals surface area contributed by atoms with Crippen LogP contribution in [0.15, 0.2) is 82.3 Å². The maximum absolute atomic E-state index is 13.2. The molecule has 0 spiro atoms. The van der Waals surface area contributed by atoms with Crippen LogP contribution >= 0.6 is 23.8 Å². The third kappa shape index (κ3) is 5.68. The summed E-state index contributed by atoms with van der Waals surface area (Å²) in [5, 5.41) is 0.106. The van der Waals surface area contributed by atoms with Crippen LogP contribution in [0.5, 0.6) is 5.75 Å². The Hall–Kier alpha value is -3.55. The highest BCUT2D eigenvalue weighted by molar-refractivity contribution is 7.79. The molecule has 0 atom stereocenters. The predicted molar refractivity (Wildman–Crippen MR) is 136 cm³/mol. The molecule has 0 bridgehead atoms. The molecule has 0 saturated carbocycles. The molecule has 8 heteroatoms. The monoisotopic (exact) mass is 497 g/mol. The Morgan fingerprint density at radius 2 is 1.74 bits per heavy atom. The van der Waals surface area contributed by atoms with E-state index in [0.717, 1.165) is 11.1 Å². The van der Waals surface area contributed by atoms with Crippen LogP contribution in [0.1, 0.15) is 13.8 Å². The predicted octanol–water partition coefficient (Wildman–Crippen LogP) is 7.16. The SMILES string of the molecule is CC.COC(=S)Oc1cc(-c2cccnc2)oc(=O)c1-c1ccc(-c2ccc(F)cc2)cc1Cl. The minimum Gasteiger partial charge on any atom is -0.460 e. The van der Waals surface area contributed by atoms with Gasteiger partial charge in [-0.2, -0.15) is 0 Å². The quantitative estimate of drug-likeness (QED) is 0.279. The molecular formula is C26H21ClFNO4S. The smallest absolute Gasteiger partial charge is 0.357 e. The molecule has 0 radical (unpaired) electrons. The highest BCUT2D eigenvalue weighted by atomic mass is 35.5. The summed E-state index contributed by atoms with van der Waals surface area (Å²) < 4.78 is 29.3. The van der Waals surface area contributed by atoms with E-state index in [-0.39, 0.29) is 33.1 Å². The minimum absolute atomic E-state index is 0.0905. The number of hydrogen-bond donors (Lipinski definition) is 0. The molecule has 0 unspecified atom stereocenters. The van der Waals surface area contributed by atoms with Crippen molar-refractivity contribution in [3.05, 3.63) is 94.3 Å². The first-order chi connectivity index (χ1) is 16.5. The summed E-state index contributed by atoms with van der Waals surface area (Å²) in [7, 11) is 1.36. The lowest BCUT2D eigenvalue weighted by molar-refractivity contribution is 0.314. The van der Waals surface area contributed by atoms with Crippen LogP contribution < -0.4 is 10.4 Å². The van der Waals surface area contributed by atoms with E-state index in [4.69, 9.17) is 37.7 Å². The first kappa shape index (κ1) is 25.1. The number of halogens is 2. The lowest BCUT2D eigenvalue weighted by atomic mass is 10.00. The van der Waals surface area contributed by atoms with E-state index < -0.39 is 5.63 Å². The van der Waals surface area contributed by atoms with Crippen molar-refractivity contribution in [1.29, 1.82) is 0 Å². The standard InChI is InChI=1S/C24H15ClFNO4S.C2H6/c1-29-24(32)31-21-12-20(16-3-2-10-27-13-16)30-23(28)22(21)18-9-6-15(11-19(18)25)14-4-7-17(26)8-5-14;1-2/h2-13H,1H3;1-2H3. The Kier molecular flexibility index (Phi) is 8.51. The molecule has 4 rings (SSSR count). The third-order valence-electron chi connectivity index (χ3n) is 4.64. The number of ether oxygens (including phenoxy) is 2. The van der Waals surface area contributed by atoms with Crippen LogP contribution in [-0.2, 0) is 4.74 Å². The number of methoxy groups -OCH3 is 1. The Balaban J connectivity index is 0.00000158. The average molecular weight is 498 g/mol. The Morgan fingerprint density at radius 3 is 2.35 bits per heavy atom. The molecule has 2 aromatic heterocycles. The summed E-state index contributed by atoms with van der Waals surface area (Å²) in [5.74, 6) is 0.0434. The van der Waals surface area contributed by atoms with Gasteiger partial charge in [0.2, 0.25) is 0 Å². The van der Waals surface area contributed by atoms with Crippen molar-refractivity contribution in [3.8, 4) is 39.3 Å². The van der Waals surface area contributed by atoms with Crippen LogP contribution in [0.4, 0.5) is 4.39 Å². The highest BCUT2D eigenvalue weighted by Crippen LogP contribution is 2.37. The van der Waals surface area contributed by atoms with Gasteiger partial charge in [0.15, 0.2) is 5.75 Å². The molecule has 0 aliphatic carbocycles. The first-order valence-corrected chi connectivity index (χ1v) is 11.1. The summed E-state index contributed by atoms with van der Waals surface area (Å²) in [6, 6.07) is 16.1. The normalized spacial score (nSPS) is 10.1. The van der Waals surface area contributed by atoms with Crippen LogP contribution in [0.25, 0.3) is 33.6 Å². The maximum atomic E-state index is 13.2. The molecule has 0 N–H and O–H groups in total. The molecule has 0 saturated heterocycles. The number of hydrogen-bond acceptors (Lipinski definition) is 6. The Bertz CT molecular complexity index is 1340. The lowest BCUT2D eigenvalue weighted by Crippen LogP contribution is -2.13. The van der Waals surface area contributed by atoms with Gasteiger partial charge in [0.05, 0.1) is 7.11 Å². The second-order valence-electron chi connectivity index (χ2n) is 6.64. The van der Waals surface area contributed by atoms with Crippen molar-refractivity contribution in [1.82, 2.24) is 4.98 Å². The molecular weight excluding hydrogens is 477 g/mol. The van der Waals surface area contributed by atoms with Crippen molar-refractivity contribution in [2.45, 2.75) is 13.8 Å². The molecule has 0 amide bonds. The van der Waals surface area contributed by atoms with Gasteiger partial charge in [0.25, 0.3) is 0 Å². The third-order valence-corrected chi connectivity index (χ3v) is 5.20. The number of benzene rings is 2. The number of nitrogens with zero attached hydrogens (tertiary/aromatic N) is 1. The maximum Gasteiger partial charge on any atom is 0.357 e. The summed E-state index contributed by atoms with van der Waals surface area (Å²) in [6.07, 6.45) is 3.16. The molecule has 174 valence electrons. The van der Waals surface area contributed by atoms with E-state index >= 15 is 0 Å². The summed E-state index contributed by atoms with van der Waals surface area (Å²) in [4.78, 5) is 17.0. The van der Waals surface area contributed by atoms with Gasteiger partial charge in [0.1, 0.15) is 17.1 Å². The molecule has 0 aliphatic rings. The summed E-state index contributed by atoms with van der Waals surface area (Å²) in [5.41, 5.74) is 1.92. The van der Waals surface area contributed by atoms with E-state index in [1.807, 2.05) is 13.8 Å². The fourth-order valence-electron chi connectivity index (χ4n) is 3.12. The number of aromatic nitrogens is 1. The molecule has 0 fully saturated rings. The zero-order valence-corrected chi connectivity index (χ0v) is 20.2. The lowest BCUT2D eigenvalue weighted by Gasteiger charge is -2.13. The van der Waals surface area contributed by atoms with Gasteiger partial charge < -0.3 is 13.9 Å². The first-order valence-electron chi connectivity index (χ1n) is 10.4. The van der Waals surface area contributed by atoms with Gasteiger partial charge >= 0.3 is 10.9 Å². The van der Waals surface area contributed by atoms with Gasteiger partial charge in [-0.15, -0.1) is 0 Å². The summed E-state index contributed by atoms with van der Waals surface area (Å²) >= 11 is 11.6. The molecule has 0 aliphatic heterocycles. The van der Waals surface area contributed by atoms with Crippen LogP contribution in [0, 0.1) is 5.82 Å². The minimum atomic E-state index is -0.670. The fourth-order valence-corrected chi connectivity index (χ4v) is 3.48. The van der Waals surface area contributed by atoms with Crippen LogP contribution in [0.2, 0.25) is 5.02 Å². The van der Waals surface area contributed by atoms with Crippen molar-refractivity contribution >= 4 is 29.1 Å². The zero-order chi connectivity index (χ0) is 24.7. The number of thiocarbonyl (C=S) groups is 1. The van der Waals surface area contributed by atoms with Crippen LogP contribution in [0.3, 0.4) is 0 Å². The molecule has 5 nitrogen and oxygen atoms in total. The molecule has 2 aromatic carbocycles. The van der Waals surface area contributed by atoms with Crippen LogP contribution in [-0.4, -0.2) is 17.3 Å².